The van der Waals surface area contributed by atoms with Gasteiger partial charge in [0.05, 0.1) is 11.4 Å². The van der Waals surface area contributed by atoms with E-state index in [1.165, 1.54) is 6.39 Å². The van der Waals surface area contributed by atoms with E-state index in [4.69, 9.17) is 10.2 Å². The maximum atomic E-state index is 12.4. The van der Waals surface area contributed by atoms with Gasteiger partial charge in [0.1, 0.15) is 6.04 Å². The Morgan fingerprint density at radius 2 is 2.33 bits per heavy atom. The van der Waals surface area contributed by atoms with E-state index in [1.54, 1.807) is 0 Å². The van der Waals surface area contributed by atoms with E-state index in [9.17, 15) is 4.79 Å². The predicted molar refractivity (Wildman–Crippen MR) is 66.6 cm³/mol. The first kappa shape index (κ1) is 12.0. The molecule has 0 saturated carbocycles. The fourth-order valence-electron chi connectivity index (χ4n) is 2.64. The number of fused-ring (bicyclic) bond motifs is 1. The lowest BCUT2D eigenvalue weighted by atomic mass is 10.0. The van der Waals surface area contributed by atoms with E-state index in [1.807, 2.05) is 16.7 Å². The van der Waals surface area contributed by atoms with Crippen LogP contribution < -0.4 is 5.73 Å². The lowest BCUT2D eigenvalue weighted by Crippen LogP contribution is -2.49. The number of aromatic nitrogens is 2. The van der Waals surface area contributed by atoms with Gasteiger partial charge in [0.2, 0.25) is 18.2 Å². The van der Waals surface area contributed by atoms with Crippen LogP contribution in [0.25, 0.3) is 0 Å². The Labute approximate surface area is 109 Å². The Balaban J connectivity index is 1.92. The molecule has 0 bridgehead atoms. The minimum Gasteiger partial charge on any atom is -0.426 e. The Morgan fingerprint density at radius 1 is 1.44 bits per heavy atom. The third-order valence-corrected chi connectivity index (χ3v) is 4.87. The second-order valence-corrected chi connectivity index (χ2v) is 5.98. The van der Waals surface area contributed by atoms with Crippen LogP contribution in [0.5, 0.6) is 0 Å². The Hall–Kier alpha value is -1.08. The predicted octanol–water partition coefficient (Wildman–Crippen LogP) is 0.913. The van der Waals surface area contributed by atoms with Crippen molar-refractivity contribution in [3.05, 3.63) is 12.3 Å². The number of rotatable bonds is 1. The molecule has 0 unspecified atom stereocenters. The molecule has 3 heterocycles. The minimum atomic E-state index is -0.397. The van der Waals surface area contributed by atoms with Crippen LogP contribution in [0.1, 0.15) is 37.6 Å². The molecule has 0 aliphatic carbocycles. The summed E-state index contributed by atoms with van der Waals surface area (Å²) in [6.45, 7) is 0. The normalized spacial score (nSPS) is 33.1. The average molecular weight is 268 g/mol. The van der Waals surface area contributed by atoms with Crippen LogP contribution in [0.3, 0.4) is 0 Å². The number of carbonyl (C=O) groups excluding carboxylic acids is 1. The van der Waals surface area contributed by atoms with Gasteiger partial charge in [0.25, 0.3) is 0 Å². The number of amides is 1. The van der Waals surface area contributed by atoms with Crippen molar-refractivity contribution in [2.24, 2.45) is 5.73 Å². The van der Waals surface area contributed by atoms with E-state index in [0.29, 0.717) is 5.89 Å². The highest BCUT2D eigenvalue weighted by molar-refractivity contribution is 7.99. The summed E-state index contributed by atoms with van der Waals surface area (Å²) < 4.78 is 5.28. The minimum absolute atomic E-state index is 0.0212. The summed E-state index contributed by atoms with van der Waals surface area (Å²) >= 11 is 1.81. The third-order valence-electron chi connectivity index (χ3n) is 3.55. The molecule has 3 rings (SSSR count). The number of nitrogens with zero attached hydrogens (tertiary/aromatic N) is 3. The Kier molecular flexibility index (Phi) is 3.25. The summed E-state index contributed by atoms with van der Waals surface area (Å²) in [5.74, 6) is 1.49. The highest BCUT2D eigenvalue weighted by atomic mass is 32.2. The first-order valence-electron chi connectivity index (χ1n) is 6.23. The summed E-state index contributed by atoms with van der Waals surface area (Å²) in [5, 5.41) is 7.88. The quantitative estimate of drug-likeness (QED) is 0.815. The molecule has 6 nitrogen and oxygen atoms in total. The molecule has 2 aliphatic rings. The maximum Gasteiger partial charge on any atom is 0.241 e. The van der Waals surface area contributed by atoms with Crippen LogP contribution in [0.2, 0.25) is 0 Å². The number of carbonyl (C=O) groups is 1. The van der Waals surface area contributed by atoms with E-state index >= 15 is 0 Å². The summed E-state index contributed by atoms with van der Waals surface area (Å²) in [6.07, 6.45) is 5.02. The lowest BCUT2D eigenvalue weighted by Gasteiger charge is -2.39. The van der Waals surface area contributed by atoms with E-state index in [-0.39, 0.29) is 17.3 Å². The largest absolute Gasteiger partial charge is 0.426 e. The maximum absolute atomic E-state index is 12.4. The fraction of sp³-hybridized carbons (Fsp3) is 0.727. The molecular weight excluding hydrogens is 252 g/mol. The molecule has 1 aromatic heterocycles. The van der Waals surface area contributed by atoms with Gasteiger partial charge in [-0.05, 0) is 31.4 Å². The van der Waals surface area contributed by atoms with Crippen molar-refractivity contribution in [2.75, 3.05) is 5.75 Å². The van der Waals surface area contributed by atoms with E-state index in [2.05, 4.69) is 10.2 Å². The molecule has 0 spiro atoms. The van der Waals surface area contributed by atoms with Crippen molar-refractivity contribution in [2.45, 2.75) is 43.1 Å². The van der Waals surface area contributed by atoms with Crippen LogP contribution in [0.4, 0.5) is 0 Å². The number of hydrogen-bond donors (Lipinski definition) is 1. The molecule has 18 heavy (non-hydrogen) atoms. The highest BCUT2D eigenvalue weighted by Gasteiger charge is 2.41. The van der Waals surface area contributed by atoms with Gasteiger partial charge in [-0.1, -0.05) is 0 Å². The Bertz CT molecular complexity index is 425. The SMILES string of the molecule is N[C@H]1CCS[C@H]2CCC[C@@H](c3nnco3)N2C1=O. The second-order valence-electron chi connectivity index (χ2n) is 4.69. The molecule has 0 aromatic carbocycles. The molecule has 7 heteroatoms. The Morgan fingerprint density at radius 3 is 3.11 bits per heavy atom. The smallest absolute Gasteiger partial charge is 0.241 e. The van der Waals surface area contributed by atoms with Gasteiger partial charge in [-0.15, -0.1) is 22.0 Å². The van der Waals surface area contributed by atoms with E-state index < -0.39 is 6.04 Å². The number of nitrogens with two attached hydrogens (primary N) is 1. The molecule has 98 valence electrons. The third kappa shape index (κ3) is 2.01. The lowest BCUT2D eigenvalue weighted by molar-refractivity contribution is -0.137. The van der Waals surface area contributed by atoms with Crippen LogP contribution in [0.15, 0.2) is 10.8 Å². The fourth-order valence-corrected chi connectivity index (χ4v) is 4.05. The standard InChI is InChI=1S/C11H16N4O2S/c12-7-4-5-18-9-3-1-2-8(15(9)11(7)16)10-14-13-6-17-10/h6-9H,1-5,12H2/t7-,8-,9-/m0/s1. The summed E-state index contributed by atoms with van der Waals surface area (Å²) in [4.78, 5) is 14.3. The van der Waals surface area contributed by atoms with Crippen LogP contribution >= 0.6 is 11.8 Å². The number of hydrogen-bond acceptors (Lipinski definition) is 6. The zero-order chi connectivity index (χ0) is 12.5. The summed E-state index contributed by atoms with van der Waals surface area (Å²) in [5.41, 5.74) is 5.93. The van der Waals surface area contributed by atoms with Gasteiger partial charge in [-0.2, -0.15) is 0 Å². The first-order valence-corrected chi connectivity index (χ1v) is 7.27. The summed E-state index contributed by atoms with van der Waals surface area (Å²) in [7, 11) is 0. The van der Waals surface area contributed by atoms with Crippen LogP contribution in [0, 0.1) is 0 Å². The van der Waals surface area contributed by atoms with Crippen molar-refractivity contribution in [3.8, 4) is 0 Å². The monoisotopic (exact) mass is 268 g/mol. The van der Waals surface area contributed by atoms with Gasteiger partial charge >= 0.3 is 0 Å². The van der Waals surface area contributed by atoms with Crippen molar-refractivity contribution < 1.29 is 9.21 Å². The zero-order valence-corrected chi connectivity index (χ0v) is 10.8. The van der Waals surface area contributed by atoms with Gasteiger partial charge in [0, 0.05) is 0 Å². The van der Waals surface area contributed by atoms with Gasteiger partial charge in [-0.3, -0.25) is 4.79 Å². The average Bonchev–Trinajstić information content (AvgIpc) is 2.86. The van der Waals surface area contributed by atoms with Crippen molar-refractivity contribution in [3.63, 3.8) is 0 Å². The molecule has 2 aliphatic heterocycles. The van der Waals surface area contributed by atoms with Gasteiger partial charge < -0.3 is 15.1 Å². The topological polar surface area (TPSA) is 85.2 Å². The van der Waals surface area contributed by atoms with Crippen LogP contribution in [-0.2, 0) is 4.79 Å². The molecule has 2 fully saturated rings. The summed E-state index contributed by atoms with van der Waals surface area (Å²) in [6, 6.07) is -0.499. The number of piperidine rings is 1. The first-order chi connectivity index (χ1) is 8.77. The second kappa shape index (κ2) is 4.89. The van der Waals surface area contributed by atoms with Crippen LogP contribution in [-0.4, -0.2) is 38.2 Å². The molecular formula is C11H16N4O2S. The molecule has 1 aromatic rings. The number of thioether (sulfide) groups is 1. The van der Waals surface area contributed by atoms with Gasteiger partial charge in [0.15, 0.2) is 0 Å². The zero-order valence-electron chi connectivity index (χ0n) is 9.99. The van der Waals surface area contributed by atoms with Crippen molar-refractivity contribution >= 4 is 17.7 Å². The van der Waals surface area contributed by atoms with Gasteiger partial charge in [-0.25, -0.2) is 0 Å². The molecule has 1 amide bonds. The molecule has 2 saturated heterocycles. The molecule has 0 radical (unpaired) electrons. The van der Waals surface area contributed by atoms with E-state index in [0.717, 1.165) is 31.4 Å². The molecule has 2 N–H and O–H groups in total. The molecule has 3 atom stereocenters. The van der Waals surface area contributed by atoms with Crippen molar-refractivity contribution in [1.82, 2.24) is 15.1 Å². The highest BCUT2D eigenvalue weighted by Crippen LogP contribution is 2.40. The van der Waals surface area contributed by atoms with Crippen molar-refractivity contribution in [1.29, 1.82) is 0 Å².